The van der Waals surface area contributed by atoms with Crippen LogP contribution in [0, 0.1) is 0 Å². The molecule has 3 nitrogen and oxygen atoms in total. The summed E-state index contributed by atoms with van der Waals surface area (Å²) in [5.74, 6) is 0.251. The zero-order valence-electron chi connectivity index (χ0n) is 10.4. The second-order valence-electron chi connectivity index (χ2n) is 4.22. The first-order valence-corrected chi connectivity index (χ1v) is 7.24. The lowest BCUT2D eigenvalue weighted by Gasteiger charge is -2.02. The summed E-state index contributed by atoms with van der Waals surface area (Å²) in [6.07, 6.45) is 0. The van der Waals surface area contributed by atoms with E-state index in [4.69, 9.17) is 11.6 Å². The minimum atomic E-state index is 0.251. The maximum atomic E-state index is 9.29. The highest BCUT2D eigenvalue weighted by Crippen LogP contribution is 2.28. The van der Waals surface area contributed by atoms with Crippen LogP contribution in [0.3, 0.4) is 0 Å². The van der Waals surface area contributed by atoms with Gasteiger partial charge in [0.05, 0.1) is 5.69 Å². The third-order valence-electron chi connectivity index (χ3n) is 2.74. The van der Waals surface area contributed by atoms with Gasteiger partial charge in [-0.05, 0) is 42.5 Å². The van der Waals surface area contributed by atoms with Gasteiger partial charge in [-0.25, -0.2) is 4.98 Å². The van der Waals surface area contributed by atoms with Crippen LogP contribution in [0.4, 0.5) is 10.8 Å². The van der Waals surface area contributed by atoms with E-state index in [9.17, 15) is 5.11 Å². The average molecular weight is 303 g/mol. The Morgan fingerprint density at radius 1 is 1.10 bits per heavy atom. The van der Waals surface area contributed by atoms with Crippen LogP contribution in [-0.4, -0.2) is 10.1 Å². The van der Waals surface area contributed by atoms with Gasteiger partial charge < -0.3 is 10.4 Å². The number of benzene rings is 2. The SMILES string of the molecule is Oc1ccc(-c2csc(Nc3cccc(Cl)c3)n2)cc1. The van der Waals surface area contributed by atoms with E-state index in [1.54, 1.807) is 12.1 Å². The number of hydrogen-bond donors (Lipinski definition) is 2. The molecule has 0 saturated carbocycles. The zero-order valence-corrected chi connectivity index (χ0v) is 11.9. The van der Waals surface area contributed by atoms with Crippen LogP contribution in [0.2, 0.25) is 5.02 Å². The van der Waals surface area contributed by atoms with Gasteiger partial charge in [0.15, 0.2) is 5.13 Å². The number of phenols is 1. The minimum Gasteiger partial charge on any atom is -0.508 e. The van der Waals surface area contributed by atoms with Crippen LogP contribution in [-0.2, 0) is 0 Å². The molecule has 2 aromatic carbocycles. The number of aromatic hydroxyl groups is 1. The van der Waals surface area contributed by atoms with Crippen LogP contribution < -0.4 is 5.32 Å². The van der Waals surface area contributed by atoms with E-state index in [1.807, 2.05) is 41.8 Å². The number of rotatable bonds is 3. The fourth-order valence-corrected chi connectivity index (χ4v) is 2.72. The van der Waals surface area contributed by atoms with Crippen LogP contribution in [0.15, 0.2) is 53.9 Å². The third kappa shape index (κ3) is 2.92. The highest BCUT2D eigenvalue weighted by Gasteiger charge is 2.05. The standard InChI is InChI=1S/C15H11ClN2OS/c16-11-2-1-3-12(8-11)17-15-18-14(9-20-15)10-4-6-13(19)7-5-10/h1-9,19H,(H,17,18). The van der Waals surface area contributed by atoms with E-state index in [0.717, 1.165) is 22.1 Å². The predicted molar refractivity (Wildman–Crippen MR) is 83.9 cm³/mol. The van der Waals surface area contributed by atoms with Crippen molar-refractivity contribution >= 4 is 33.8 Å². The summed E-state index contributed by atoms with van der Waals surface area (Å²) in [6.45, 7) is 0. The quantitative estimate of drug-likeness (QED) is 0.722. The summed E-state index contributed by atoms with van der Waals surface area (Å²) < 4.78 is 0. The van der Waals surface area contributed by atoms with Crippen molar-refractivity contribution in [3.8, 4) is 17.0 Å². The number of phenolic OH excluding ortho intramolecular Hbond substituents is 1. The monoisotopic (exact) mass is 302 g/mol. The normalized spacial score (nSPS) is 10.4. The summed E-state index contributed by atoms with van der Waals surface area (Å²) in [6, 6.07) is 14.5. The van der Waals surface area contributed by atoms with E-state index in [2.05, 4.69) is 10.3 Å². The Morgan fingerprint density at radius 2 is 1.90 bits per heavy atom. The van der Waals surface area contributed by atoms with Crippen molar-refractivity contribution in [2.24, 2.45) is 0 Å². The first kappa shape index (κ1) is 13.0. The number of nitrogens with one attached hydrogen (secondary N) is 1. The molecule has 5 heteroatoms. The first-order valence-electron chi connectivity index (χ1n) is 5.98. The summed E-state index contributed by atoms with van der Waals surface area (Å²) in [7, 11) is 0. The largest absolute Gasteiger partial charge is 0.508 e. The van der Waals surface area contributed by atoms with E-state index in [1.165, 1.54) is 11.3 Å². The van der Waals surface area contributed by atoms with Gasteiger partial charge in [-0.3, -0.25) is 0 Å². The molecule has 0 amide bonds. The van der Waals surface area contributed by atoms with Crippen molar-refractivity contribution in [1.82, 2.24) is 4.98 Å². The van der Waals surface area contributed by atoms with Crippen molar-refractivity contribution in [3.05, 3.63) is 58.9 Å². The van der Waals surface area contributed by atoms with Crippen LogP contribution >= 0.6 is 22.9 Å². The fraction of sp³-hybridized carbons (Fsp3) is 0. The molecule has 2 N–H and O–H groups in total. The molecule has 0 fully saturated rings. The van der Waals surface area contributed by atoms with Crippen molar-refractivity contribution in [2.45, 2.75) is 0 Å². The Bertz CT molecular complexity index is 725. The Labute approximate surface area is 125 Å². The molecule has 3 aromatic rings. The molecule has 0 spiro atoms. The highest BCUT2D eigenvalue weighted by molar-refractivity contribution is 7.14. The van der Waals surface area contributed by atoms with Gasteiger partial charge in [0, 0.05) is 21.7 Å². The highest BCUT2D eigenvalue weighted by atomic mass is 35.5. The summed E-state index contributed by atoms with van der Waals surface area (Å²) in [5, 5.41) is 16.0. The Balaban J connectivity index is 1.82. The summed E-state index contributed by atoms with van der Waals surface area (Å²) in [4.78, 5) is 4.52. The molecule has 0 unspecified atom stereocenters. The van der Waals surface area contributed by atoms with Gasteiger partial charge in [0.25, 0.3) is 0 Å². The summed E-state index contributed by atoms with van der Waals surface area (Å²) in [5.41, 5.74) is 2.75. The second-order valence-corrected chi connectivity index (χ2v) is 5.51. The number of hydrogen-bond acceptors (Lipinski definition) is 4. The molecule has 0 aliphatic rings. The Hall–Kier alpha value is -2.04. The molecule has 1 aromatic heterocycles. The Kier molecular flexibility index (Phi) is 3.58. The van der Waals surface area contributed by atoms with Gasteiger partial charge in [-0.15, -0.1) is 11.3 Å². The lowest BCUT2D eigenvalue weighted by atomic mass is 10.2. The molecule has 1 heterocycles. The third-order valence-corrected chi connectivity index (χ3v) is 3.74. The number of anilines is 2. The van der Waals surface area contributed by atoms with Gasteiger partial charge >= 0.3 is 0 Å². The zero-order chi connectivity index (χ0) is 13.9. The first-order chi connectivity index (χ1) is 9.70. The van der Waals surface area contributed by atoms with Crippen molar-refractivity contribution in [3.63, 3.8) is 0 Å². The molecule has 0 aliphatic carbocycles. The molecule has 0 bridgehead atoms. The van der Waals surface area contributed by atoms with E-state index >= 15 is 0 Å². The van der Waals surface area contributed by atoms with Crippen molar-refractivity contribution in [2.75, 3.05) is 5.32 Å². The molecule has 0 saturated heterocycles. The van der Waals surface area contributed by atoms with Crippen molar-refractivity contribution in [1.29, 1.82) is 0 Å². The number of nitrogens with zero attached hydrogens (tertiary/aromatic N) is 1. The molecule has 3 rings (SSSR count). The van der Waals surface area contributed by atoms with E-state index in [0.29, 0.717) is 5.02 Å². The molecule has 0 atom stereocenters. The number of thiazole rings is 1. The minimum absolute atomic E-state index is 0.251. The maximum absolute atomic E-state index is 9.29. The van der Waals surface area contributed by atoms with Crippen LogP contribution in [0.1, 0.15) is 0 Å². The predicted octanol–water partition coefficient (Wildman–Crippen LogP) is 4.91. The lowest BCUT2D eigenvalue weighted by molar-refractivity contribution is 0.475. The van der Waals surface area contributed by atoms with E-state index < -0.39 is 0 Å². The van der Waals surface area contributed by atoms with Crippen LogP contribution in [0.5, 0.6) is 5.75 Å². The summed E-state index contributed by atoms with van der Waals surface area (Å²) >= 11 is 7.47. The molecule has 0 radical (unpaired) electrons. The number of aromatic nitrogens is 1. The molecule has 100 valence electrons. The molecular formula is C15H11ClN2OS. The molecule has 0 aliphatic heterocycles. The lowest BCUT2D eigenvalue weighted by Crippen LogP contribution is -1.89. The maximum Gasteiger partial charge on any atom is 0.187 e. The smallest absolute Gasteiger partial charge is 0.187 e. The second kappa shape index (κ2) is 5.53. The fourth-order valence-electron chi connectivity index (χ4n) is 1.79. The topological polar surface area (TPSA) is 45.1 Å². The molecular weight excluding hydrogens is 292 g/mol. The van der Waals surface area contributed by atoms with Gasteiger partial charge in [-0.2, -0.15) is 0 Å². The van der Waals surface area contributed by atoms with Crippen LogP contribution in [0.25, 0.3) is 11.3 Å². The van der Waals surface area contributed by atoms with Gasteiger partial charge in [0.1, 0.15) is 5.75 Å². The Morgan fingerprint density at radius 3 is 2.65 bits per heavy atom. The average Bonchev–Trinajstić information content (AvgIpc) is 2.88. The number of halogens is 1. The van der Waals surface area contributed by atoms with Crippen molar-refractivity contribution < 1.29 is 5.11 Å². The molecule has 20 heavy (non-hydrogen) atoms. The van der Waals surface area contributed by atoms with E-state index in [-0.39, 0.29) is 5.75 Å². The van der Waals surface area contributed by atoms with Gasteiger partial charge in [0.2, 0.25) is 0 Å². The van der Waals surface area contributed by atoms with Gasteiger partial charge in [-0.1, -0.05) is 17.7 Å².